The Balaban J connectivity index is 2.77. The van der Waals surface area contributed by atoms with E-state index in [2.05, 4.69) is 5.32 Å². The van der Waals surface area contributed by atoms with E-state index < -0.39 is 24.7 Å². The van der Waals surface area contributed by atoms with Crippen LogP contribution in [-0.4, -0.2) is 36.1 Å². The standard InChI is InChI=1S/C14H20F3N3O/c1-4-20(8-14(15,16)17)10(3)13(21)19-12-6-5-11(18)7-9(12)2/h5-7,10H,4,8,18H2,1-3H3,(H,19,21). The van der Waals surface area contributed by atoms with Gasteiger partial charge in [-0.05, 0) is 44.2 Å². The van der Waals surface area contributed by atoms with Crippen LogP contribution >= 0.6 is 0 Å². The second-order valence-corrected chi connectivity index (χ2v) is 4.92. The highest BCUT2D eigenvalue weighted by molar-refractivity contribution is 5.95. The minimum Gasteiger partial charge on any atom is -0.399 e. The smallest absolute Gasteiger partial charge is 0.399 e. The average Bonchev–Trinajstić information content (AvgIpc) is 2.37. The maximum atomic E-state index is 12.5. The van der Waals surface area contributed by atoms with Crippen molar-refractivity contribution in [3.63, 3.8) is 0 Å². The minimum atomic E-state index is -4.33. The van der Waals surface area contributed by atoms with Crippen molar-refractivity contribution in [2.24, 2.45) is 0 Å². The molecule has 0 aliphatic rings. The molecule has 1 aromatic carbocycles. The summed E-state index contributed by atoms with van der Waals surface area (Å²) in [6.07, 6.45) is -4.33. The molecule has 21 heavy (non-hydrogen) atoms. The lowest BCUT2D eigenvalue weighted by molar-refractivity contribution is -0.152. The Bertz CT molecular complexity index is 503. The van der Waals surface area contributed by atoms with Crippen molar-refractivity contribution in [2.45, 2.75) is 33.0 Å². The van der Waals surface area contributed by atoms with Gasteiger partial charge in [-0.25, -0.2) is 0 Å². The third kappa shape index (κ3) is 5.26. The highest BCUT2D eigenvalue weighted by Crippen LogP contribution is 2.20. The Hall–Kier alpha value is -1.76. The second kappa shape index (κ2) is 6.80. The normalized spacial score (nSPS) is 13.3. The summed E-state index contributed by atoms with van der Waals surface area (Å²) >= 11 is 0. The number of carbonyl (C=O) groups excluding carboxylic acids is 1. The molecule has 0 aromatic heterocycles. The maximum absolute atomic E-state index is 12.5. The van der Waals surface area contributed by atoms with Gasteiger partial charge in [-0.15, -0.1) is 0 Å². The molecule has 3 N–H and O–H groups in total. The van der Waals surface area contributed by atoms with Crippen LogP contribution in [0.4, 0.5) is 24.5 Å². The number of likely N-dealkylation sites (N-methyl/N-ethyl adjacent to an activating group) is 1. The van der Waals surface area contributed by atoms with Gasteiger partial charge < -0.3 is 11.1 Å². The van der Waals surface area contributed by atoms with E-state index in [0.717, 1.165) is 10.5 Å². The number of nitrogens with two attached hydrogens (primary N) is 1. The molecule has 1 amide bonds. The van der Waals surface area contributed by atoms with Crippen LogP contribution in [0.2, 0.25) is 0 Å². The lowest BCUT2D eigenvalue weighted by atomic mass is 10.1. The Morgan fingerprint density at radius 3 is 2.52 bits per heavy atom. The van der Waals surface area contributed by atoms with Crippen molar-refractivity contribution < 1.29 is 18.0 Å². The fraction of sp³-hybridized carbons (Fsp3) is 0.500. The van der Waals surface area contributed by atoms with Gasteiger partial charge in [-0.2, -0.15) is 13.2 Å². The van der Waals surface area contributed by atoms with Crippen molar-refractivity contribution in [3.8, 4) is 0 Å². The zero-order valence-corrected chi connectivity index (χ0v) is 12.3. The summed E-state index contributed by atoms with van der Waals surface area (Å²) in [7, 11) is 0. The monoisotopic (exact) mass is 303 g/mol. The number of hydrogen-bond acceptors (Lipinski definition) is 3. The van der Waals surface area contributed by atoms with Gasteiger partial charge >= 0.3 is 6.18 Å². The zero-order chi connectivity index (χ0) is 16.2. The van der Waals surface area contributed by atoms with Crippen LogP contribution in [0.25, 0.3) is 0 Å². The summed E-state index contributed by atoms with van der Waals surface area (Å²) in [4.78, 5) is 13.2. The van der Waals surface area contributed by atoms with E-state index in [1.807, 2.05) is 0 Å². The summed E-state index contributed by atoms with van der Waals surface area (Å²) in [6.45, 7) is 3.83. The molecular formula is C14H20F3N3O. The zero-order valence-electron chi connectivity index (χ0n) is 12.3. The first-order valence-electron chi connectivity index (χ1n) is 6.62. The van der Waals surface area contributed by atoms with Crippen molar-refractivity contribution in [3.05, 3.63) is 23.8 Å². The molecule has 0 saturated carbocycles. The van der Waals surface area contributed by atoms with Crippen molar-refractivity contribution in [1.82, 2.24) is 4.90 Å². The van der Waals surface area contributed by atoms with Crippen LogP contribution in [-0.2, 0) is 4.79 Å². The number of carbonyl (C=O) groups is 1. The van der Waals surface area contributed by atoms with Gasteiger partial charge in [0.1, 0.15) is 0 Å². The highest BCUT2D eigenvalue weighted by Gasteiger charge is 2.33. The number of amides is 1. The Kier molecular flexibility index (Phi) is 5.60. The van der Waals surface area contributed by atoms with Crippen LogP contribution in [0.15, 0.2) is 18.2 Å². The number of halogens is 3. The lowest BCUT2D eigenvalue weighted by Crippen LogP contribution is -2.46. The van der Waals surface area contributed by atoms with Crippen molar-refractivity contribution in [1.29, 1.82) is 0 Å². The number of aryl methyl sites for hydroxylation is 1. The first kappa shape index (κ1) is 17.3. The number of nitrogens with one attached hydrogen (secondary N) is 1. The Morgan fingerprint density at radius 1 is 1.43 bits per heavy atom. The van der Waals surface area contributed by atoms with Gasteiger partial charge in [0.05, 0.1) is 12.6 Å². The number of nitrogen functional groups attached to an aromatic ring is 1. The SMILES string of the molecule is CCN(CC(F)(F)F)C(C)C(=O)Nc1ccc(N)cc1C. The number of nitrogens with zero attached hydrogens (tertiary/aromatic N) is 1. The third-order valence-corrected chi connectivity index (χ3v) is 3.22. The van der Waals surface area contributed by atoms with E-state index >= 15 is 0 Å². The fourth-order valence-corrected chi connectivity index (χ4v) is 1.98. The maximum Gasteiger partial charge on any atom is 0.401 e. The third-order valence-electron chi connectivity index (χ3n) is 3.22. The molecule has 7 heteroatoms. The van der Waals surface area contributed by atoms with Gasteiger partial charge in [0.15, 0.2) is 0 Å². The summed E-state index contributed by atoms with van der Waals surface area (Å²) in [6, 6.07) is 4.07. The van der Waals surface area contributed by atoms with E-state index in [1.54, 1.807) is 32.0 Å². The number of rotatable bonds is 5. The molecular weight excluding hydrogens is 283 g/mol. The summed E-state index contributed by atoms with van der Waals surface area (Å²) in [5.74, 6) is -0.478. The number of benzene rings is 1. The molecule has 1 unspecified atom stereocenters. The molecule has 0 aliphatic carbocycles. The molecule has 0 saturated heterocycles. The van der Waals surface area contributed by atoms with Gasteiger partial charge in [0, 0.05) is 11.4 Å². The quantitative estimate of drug-likeness (QED) is 0.822. The topological polar surface area (TPSA) is 58.4 Å². The molecule has 0 radical (unpaired) electrons. The summed E-state index contributed by atoms with van der Waals surface area (Å²) in [5, 5.41) is 2.63. The molecule has 0 spiro atoms. The molecule has 118 valence electrons. The molecule has 0 bridgehead atoms. The first-order chi connectivity index (χ1) is 9.64. The van der Waals surface area contributed by atoms with Crippen LogP contribution in [0.1, 0.15) is 19.4 Å². The summed E-state index contributed by atoms with van der Waals surface area (Å²) < 4.78 is 37.4. The minimum absolute atomic E-state index is 0.134. The largest absolute Gasteiger partial charge is 0.401 e. The Morgan fingerprint density at radius 2 is 2.05 bits per heavy atom. The summed E-state index contributed by atoms with van der Waals surface area (Å²) in [5.41, 5.74) is 7.48. The van der Waals surface area contributed by atoms with E-state index in [-0.39, 0.29) is 6.54 Å². The van der Waals surface area contributed by atoms with Gasteiger partial charge in [0.2, 0.25) is 5.91 Å². The number of anilines is 2. The predicted molar refractivity (Wildman–Crippen MR) is 77.0 cm³/mol. The van der Waals surface area contributed by atoms with E-state index in [0.29, 0.717) is 11.4 Å². The fourth-order valence-electron chi connectivity index (χ4n) is 1.98. The molecule has 4 nitrogen and oxygen atoms in total. The van der Waals surface area contributed by atoms with Crippen LogP contribution in [0.5, 0.6) is 0 Å². The average molecular weight is 303 g/mol. The number of alkyl halides is 3. The molecule has 1 rings (SSSR count). The number of hydrogen-bond donors (Lipinski definition) is 2. The van der Waals surface area contributed by atoms with Crippen LogP contribution in [0, 0.1) is 6.92 Å². The highest BCUT2D eigenvalue weighted by atomic mass is 19.4. The molecule has 1 atom stereocenters. The second-order valence-electron chi connectivity index (χ2n) is 4.92. The van der Waals surface area contributed by atoms with Crippen molar-refractivity contribution >= 4 is 17.3 Å². The van der Waals surface area contributed by atoms with E-state index in [9.17, 15) is 18.0 Å². The van der Waals surface area contributed by atoms with Gasteiger partial charge in [-0.3, -0.25) is 9.69 Å². The van der Waals surface area contributed by atoms with Gasteiger partial charge in [0.25, 0.3) is 0 Å². The Labute approximate surface area is 122 Å². The first-order valence-corrected chi connectivity index (χ1v) is 6.62. The molecule has 1 aromatic rings. The molecule has 0 aliphatic heterocycles. The van der Waals surface area contributed by atoms with E-state index in [1.165, 1.54) is 6.92 Å². The van der Waals surface area contributed by atoms with Crippen molar-refractivity contribution in [2.75, 3.05) is 24.1 Å². The van der Waals surface area contributed by atoms with E-state index in [4.69, 9.17) is 5.73 Å². The van der Waals surface area contributed by atoms with Crippen LogP contribution in [0.3, 0.4) is 0 Å². The lowest BCUT2D eigenvalue weighted by Gasteiger charge is -2.27. The van der Waals surface area contributed by atoms with Gasteiger partial charge in [-0.1, -0.05) is 6.92 Å². The van der Waals surface area contributed by atoms with Crippen LogP contribution < -0.4 is 11.1 Å². The predicted octanol–water partition coefficient (Wildman–Crippen LogP) is 2.79. The molecule has 0 fully saturated rings. The molecule has 0 heterocycles.